The number of halogens is 1. The molecule has 1 aromatic heterocycles. The summed E-state index contributed by atoms with van der Waals surface area (Å²) >= 11 is 3.29. The van der Waals surface area contributed by atoms with Crippen LogP contribution in [0.5, 0.6) is 0 Å². The highest BCUT2D eigenvalue weighted by Gasteiger charge is 2.15. The van der Waals surface area contributed by atoms with Crippen molar-refractivity contribution < 1.29 is 14.3 Å². The fourth-order valence-electron chi connectivity index (χ4n) is 1.98. The van der Waals surface area contributed by atoms with Gasteiger partial charge in [-0.05, 0) is 34.8 Å². The van der Waals surface area contributed by atoms with Crippen LogP contribution in [-0.4, -0.2) is 43.9 Å². The van der Waals surface area contributed by atoms with Crippen LogP contribution in [-0.2, 0) is 9.47 Å². The van der Waals surface area contributed by atoms with E-state index in [0.29, 0.717) is 24.6 Å². The quantitative estimate of drug-likeness (QED) is 0.770. The van der Waals surface area contributed by atoms with E-state index in [1.165, 1.54) is 0 Å². The van der Waals surface area contributed by atoms with Crippen molar-refractivity contribution in [2.75, 3.05) is 33.0 Å². The van der Waals surface area contributed by atoms with Gasteiger partial charge in [-0.2, -0.15) is 0 Å². The van der Waals surface area contributed by atoms with Gasteiger partial charge in [0.1, 0.15) is 0 Å². The van der Waals surface area contributed by atoms with Crippen molar-refractivity contribution >= 4 is 21.8 Å². The summed E-state index contributed by atoms with van der Waals surface area (Å²) < 4.78 is 11.7. The monoisotopic (exact) mass is 342 g/mol. The molecule has 1 N–H and O–H groups in total. The largest absolute Gasteiger partial charge is 0.381 e. The summed E-state index contributed by atoms with van der Waals surface area (Å²) in [7, 11) is 0. The number of carbonyl (C=O) groups excluding carboxylic acids is 1. The normalized spacial score (nSPS) is 18.1. The van der Waals surface area contributed by atoms with Crippen LogP contribution in [0, 0.1) is 5.92 Å². The average Bonchev–Trinajstić information content (AvgIpc) is 2.95. The predicted octanol–water partition coefficient (Wildman–Crippen LogP) is 2.02. The lowest BCUT2D eigenvalue weighted by Crippen LogP contribution is -2.25. The maximum Gasteiger partial charge on any atom is 0.252 e. The van der Waals surface area contributed by atoms with Gasteiger partial charge < -0.3 is 14.8 Å². The molecule has 1 atom stereocenters. The van der Waals surface area contributed by atoms with Gasteiger partial charge in [-0.25, -0.2) is 0 Å². The van der Waals surface area contributed by atoms with Crippen molar-refractivity contribution in [3.8, 4) is 0 Å². The topological polar surface area (TPSA) is 60.5 Å². The van der Waals surface area contributed by atoms with E-state index in [1.54, 1.807) is 18.5 Å². The third-order valence-electron chi connectivity index (χ3n) is 3.10. The lowest BCUT2D eigenvalue weighted by Gasteiger charge is -2.09. The minimum absolute atomic E-state index is 0.108. The van der Waals surface area contributed by atoms with Gasteiger partial charge in [0.05, 0.1) is 18.8 Å². The molecule has 1 aliphatic rings. The number of carbonyl (C=O) groups is 1. The number of hydrogen-bond donors (Lipinski definition) is 1. The van der Waals surface area contributed by atoms with E-state index >= 15 is 0 Å². The van der Waals surface area contributed by atoms with Gasteiger partial charge in [0.2, 0.25) is 0 Å². The summed E-state index contributed by atoms with van der Waals surface area (Å²) in [5, 5.41) is 2.85. The molecule has 0 aromatic carbocycles. The molecule has 0 spiro atoms. The first-order valence-electron chi connectivity index (χ1n) is 6.80. The first kappa shape index (κ1) is 15.4. The van der Waals surface area contributed by atoms with Gasteiger partial charge in [0.15, 0.2) is 0 Å². The van der Waals surface area contributed by atoms with Crippen molar-refractivity contribution in [2.24, 2.45) is 5.92 Å². The first-order chi connectivity index (χ1) is 9.75. The highest BCUT2D eigenvalue weighted by Crippen LogP contribution is 2.12. The van der Waals surface area contributed by atoms with Gasteiger partial charge in [0, 0.05) is 42.5 Å². The molecule has 1 amide bonds. The number of nitrogens with zero attached hydrogens (tertiary/aromatic N) is 1. The molecule has 2 rings (SSSR count). The molecule has 1 saturated heterocycles. The molecule has 0 radical (unpaired) electrons. The maximum absolute atomic E-state index is 11.8. The van der Waals surface area contributed by atoms with E-state index in [0.717, 1.165) is 37.1 Å². The Kier molecular flexibility index (Phi) is 6.42. The highest BCUT2D eigenvalue weighted by atomic mass is 79.9. The Morgan fingerprint density at radius 2 is 2.45 bits per heavy atom. The van der Waals surface area contributed by atoms with E-state index in [9.17, 15) is 4.79 Å². The molecular weight excluding hydrogens is 324 g/mol. The van der Waals surface area contributed by atoms with Crippen LogP contribution in [0.1, 0.15) is 23.2 Å². The molecule has 1 aliphatic heterocycles. The molecule has 20 heavy (non-hydrogen) atoms. The fraction of sp³-hybridized carbons (Fsp3) is 0.571. The van der Waals surface area contributed by atoms with Gasteiger partial charge in [-0.15, -0.1) is 0 Å². The third kappa shape index (κ3) is 5.19. The van der Waals surface area contributed by atoms with Crippen LogP contribution in [0.15, 0.2) is 22.9 Å². The molecule has 0 unspecified atom stereocenters. The van der Waals surface area contributed by atoms with Gasteiger partial charge in [-0.1, -0.05) is 0 Å². The summed E-state index contributed by atoms with van der Waals surface area (Å²) in [4.78, 5) is 15.8. The SMILES string of the molecule is O=C(NCCCOC[C@@H]1CCOC1)c1cncc(Br)c1. The van der Waals surface area contributed by atoms with Gasteiger partial charge in [0.25, 0.3) is 5.91 Å². The summed E-state index contributed by atoms with van der Waals surface area (Å²) in [6.07, 6.45) is 5.10. The summed E-state index contributed by atoms with van der Waals surface area (Å²) in [5.41, 5.74) is 0.559. The second-order valence-electron chi connectivity index (χ2n) is 4.81. The minimum Gasteiger partial charge on any atom is -0.381 e. The van der Waals surface area contributed by atoms with E-state index in [4.69, 9.17) is 9.47 Å². The summed E-state index contributed by atoms with van der Waals surface area (Å²) in [6, 6.07) is 1.75. The van der Waals surface area contributed by atoms with Crippen molar-refractivity contribution in [3.63, 3.8) is 0 Å². The van der Waals surface area contributed by atoms with Crippen molar-refractivity contribution in [1.82, 2.24) is 10.3 Å². The number of amides is 1. The van der Waals surface area contributed by atoms with Crippen molar-refractivity contribution in [2.45, 2.75) is 12.8 Å². The molecule has 1 fully saturated rings. The van der Waals surface area contributed by atoms with Crippen LogP contribution in [0.25, 0.3) is 0 Å². The molecule has 6 heteroatoms. The second-order valence-corrected chi connectivity index (χ2v) is 5.72. The molecule has 0 saturated carbocycles. The zero-order valence-electron chi connectivity index (χ0n) is 11.3. The Bertz CT molecular complexity index is 436. The number of rotatable bonds is 7. The standard InChI is InChI=1S/C14H19BrN2O3/c15-13-6-12(7-16-8-13)14(18)17-3-1-4-19-9-11-2-5-20-10-11/h6-8,11H,1-5,9-10H2,(H,17,18)/t11-/m0/s1. The van der Waals surface area contributed by atoms with E-state index in [1.807, 2.05) is 0 Å². The first-order valence-corrected chi connectivity index (χ1v) is 7.59. The predicted molar refractivity (Wildman–Crippen MR) is 78.6 cm³/mol. The van der Waals surface area contributed by atoms with Crippen LogP contribution >= 0.6 is 15.9 Å². The third-order valence-corrected chi connectivity index (χ3v) is 3.53. The molecule has 110 valence electrons. The number of pyridine rings is 1. The van der Waals surface area contributed by atoms with Crippen LogP contribution in [0.3, 0.4) is 0 Å². The maximum atomic E-state index is 11.8. The number of nitrogens with one attached hydrogen (secondary N) is 1. The minimum atomic E-state index is -0.108. The zero-order valence-corrected chi connectivity index (χ0v) is 12.9. The molecule has 0 bridgehead atoms. The van der Waals surface area contributed by atoms with E-state index in [2.05, 4.69) is 26.2 Å². The Morgan fingerprint density at radius 1 is 1.55 bits per heavy atom. The van der Waals surface area contributed by atoms with Crippen LogP contribution < -0.4 is 5.32 Å². The zero-order chi connectivity index (χ0) is 14.2. The van der Waals surface area contributed by atoms with Crippen LogP contribution in [0.4, 0.5) is 0 Å². The molecule has 2 heterocycles. The average molecular weight is 343 g/mol. The van der Waals surface area contributed by atoms with Crippen molar-refractivity contribution in [3.05, 3.63) is 28.5 Å². The second kappa shape index (κ2) is 8.34. The Balaban J connectivity index is 1.55. The number of aromatic nitrogens is 1. The van der Waals surface area contributed by atoms with Gasteiger partial charge in [-0.3, -0.25) is 9.78 Å². The molecule has 1 aromatic rings. The molecular formula is C14H19BrN2O3. The fourth-order valence-corrected chi connectivity index (χ4v) is 2.34. The molecule has 0 aliphatic carbocycles. The van der Waals surface area contributed by atoms with Crippen molar-refractivity contribution in [1.29, 1.82) is 0 Å². The molecule has 5 nitrogen and oxygen atoms in total. The summed E-state index contributed by atoms with van der Waals surface area (Å²) in [6.45, 7) is 3.68. The number of hydrogen-bond acceptors (Lipinski definition) is 4. The van der Waals surface area contributed by atoms with E-state index < -0.39 is 0 Å². The Hall–Kier alpha value is -0.980. The highest BCUT2D eigenvalue weighted by molar-refractivity contribution is 9.10. The lowest BCUT2D eigenvalue weighted by molar-refractivity contribution is 0.0853. The lowest BCUT2D eigenvalue weighted by atomic mass is 10.1. The number of ether oxygens (including phenoxy) is 2. The van der Waals surface area contributed by atoms with Crippen LogP contribution in [0.2, 0.25) is 0 Å². The van der Waals surface area contributed by atoms with E-state index in [-0.39, 0.29) is 5.91 Å². The van der Waals surface area contributed by atoms with Gasteiger partial charge >= 0.3 is 0 Å². The smallest absolute Gasteiger partial charge is 0.252 e. The Morgan fingerprint density at radius 3 is 3.20 bits per heavy atom. The summed E-state index contributed by atoms with van der Waals surface area (Å²) in [5.74, 6) is 0.431. The Labute approximate surface area is 127 Å².